The largest absolute Gasteiger partial charge is 0.492 e. The first kappa shape index (κ1) is 21.2. The van der Waals surface area contributed by atoms with Gasteiger partial charge in [0.05, 0.1) is 17.2 Å². The van der Waals surface area contributed by atoms with Crippen molar-refractivity contribution in [3.8, 4) is 11.5 Å². The number of amides is 1. The topological polar surface area (TPSA) is 59.6 Å². The summed E-state index contributed by atoms with van der Waals surface area (Å²) in [6.07, 6.45) is 1.03. The van der Waals surface area contributed by atoms with Crippen molar-refractivity contribution in [2.45, 2.75) is 33.3 Å². The van der Waals surface area contributed by atoms with E-state index >= 15 is 0 Å². The number of thiocarbonyl (C=S) groups is 1. The third-order valence-electron chi connectivity index (χ3n) is 3.37. The molecule has 0 bridgehead atoms. The highest BCUT2D eigenvalue weighted by molar-refractivity contribution is 9.10. The highest BCUT2D eigenvalue weighted by atomic mass is 79.9. The van der Waals surface area contributed by atoms with Crippen LogP contribution in [0.4, 0.5) is 5.69 Å². The fourth-order valence-electron chi connectivity index (χ4n) is 2.20. The average molecular weight is 451 g/mol. The molecular weight excluding hydrogens is 428 g/mol. The lowest BCUT2D eigenvalue weighted by Gasteiger charge is -2.13. The van der Waals surface area contributed by atoms with Gasteiger partial charge in [-0.2, -0.15) is 0 Å². The first-order chi connectivity index (χ1) is 12.9. The van der Waals surface area contributed by atoms with E-state index in [0.29, 0.717) is 17.9 Å². The lowest BCUT2D eigenvalue weighted by Crippen LogP contribution is -2.34. The van der Waals surface area contributed by atoms with Gasteiger partial charge in [0.15, 0.2) is 5.11 Å². The van der Waals surface area contributed by atoms with Crippen molar-refractivity contribution < 1.29 is 14.3 Å². The van der Waals surface area contributed by atoms with E-state index in [9.17, 15) is 4.79 Å². The summed E-state index contributed by atoms with van der Waals surface area (Å²) in [5.74, 6) is 1.19. The Bertz CT molecular complexity index is 794. The molecule has 0 aliphatic rings. The summed E-state index contributed by atoms with van der Waals surface area (Å²) in [5.41, 5.74) is 1.25. The molecular formula is C20H23BrN2O3S. The molecule has 0 fully saturated rings. The number of hydrogen-bond donors (Lipinski definition) is 2. The standard InChI is InChI=1S/C20H23BrN2O3S/c1-4-11-25-18-10-5-14(12-17(18)21)19(24)23-20(27)22-15-6-8-16(9-7-15)26-13(2)3/h5-10,12-13H,4,11H2,1-3H3,(H2,22,23,24,27). The Labute approximate surface area is 173 Å². The van der Waals surface area contributed by atoms with Gasteiger partial charge < -0.3 is 14.8 Å². The van der Waals surface area contributed by atoms with E-state index in [4.69, 9.17) is 21.7 Å². The quantitative estimate of drug-likeness (QED) is 0.570. The maximum absolute atomic E-state index is 12.4. The normalized spacial score (nSPS) is 10.4. The minimum absolute atomic E-state index is 0.113. The van der Waals surface area contributed by atoms with Crippen molar-refractivity contribution >= 4 is 44.9 Å². The molecule has 0 aromatic heterocycles. The molecule has 27 heavy (non-hydrogen) atoms. The third-order valence-corrected chi connectivity index (χ3v) is 4.19. The molecule has 0 unspecified atom stereocenters. The number of ether oxygens (including phenoxy) is 2. The summed E-state index contributed by atoms with van der Waals surface area (Å²) < 4.78 is 11.9. The summed E-state index contributed by atoms with van der Waals surface area (Å²) >= 11 is 8.64. The van der Waals surface area contributed by atoms with Gasteiger partial charge in [-0.05, 0) is 90.9 Å². The molecule has 0 aliphatic heterocycles. The molecule has 0 heterocycles. The van der Waals surface area contributed by atoms with Gasteiger partial charge in [0, 0.05) is 11.3 Å². The minimum atomic E-state index is -0.296. The van der Waals surface area contributed by atoms with Crippen molar-refractivity contribution in [1.82, 2.24) is 5.32 Å². The second kappa shape index (κ2) is 10.3. The molecule has 0 spiro atoms. The molecule has 0 atom stereocenters. The second-order valence-electron chi connectivity index (χ2n) is 6.09. The van der Waals surface area contributed by atoms with Crippen LogP contribution in [0.3, 0.4) is 0 Å². The van der Waals surface area contributed by atoms with Gasteiger partial charge >= 0.3 is 0 Å². The molecule has 0 saturated heterocycles. The molecule has 144 valence electrons. The van der Waals surface area contributed by atoms with E-state index in [0.717, 1.165) is 22.3 Å². The van der Waals surface area contributed by atoms with Crippen LogP contribution in [0.1, 0.15) is 37.6 Å². The molecule has 2 rings (SSSR count). The summed E-state index contributed by atoms with van der Waals surface area (Å²) in [7, 11) is 0. The highest BCUT2D eigenvalue weighted by Crippen LogP contribution is 2.26. The molecule has 2 aromatic carbocycles. The second-order valence-corrected chi connectivity index (χ2v) is 7.36. The molecule has 5 nitrogen and oxygen atoms in total. The van der Waals surface area contributed by atoms with Gasteiger partial charge in [-0.15, -0.1) is 0 Å². The van der Waals surface area contributed by atoms with E-state index in [1.165, 1.54) is 0 Å². The van der Waals surface area contributed by atoms with Crippen molar-refractivity contribution in [2.24, 2.45) is 0 Å². The van der Waals surface area contributed by atoms with E-state index in [1.807, 2.05) is 45.0 Å². The number of carbonyl (C=O) groups is 1. The first-order valence-corrected chi connectivity index (χ1v) is 9.90. The van der Waals surface area contributed by atoms with Crippen LogP contribution in [0.15, 0.2) is 46.9 Å². The Kier molecular flexibility index (Phi) is 8.06. The number of hydrogen-bond acceptors (Lipinski definition) is 4. The van der Waals surface area contributed by atoms with Crippen LogP contribution in [-0.4, -0.2) is 23.7 Å². The van der Waals surface area contributed by atoms with Crippen molar-refractivity contribution in [2.75, 3.05) is 11.9 Å². The Hall–Kier alpha value is -2.12. The van der Waals surface area contributed by atoms with Crippen LogP contribution < -0.4 is 20.1 Å². The van der Waals surface area contributed by atoms with Crippen molar-refractivity contribution in [3.63, 3.8) is 0 Å². The first-order valence-electron chi connectivity index (χ1n) is 8.70. The van der Waals surface area contributed by atoms with E-state index in [2.05, 4.69) is 26.6 Å². The van der Waals surface area contributed by atoms with Gasteiger partial charge in [0.25, 0.3) is 5.91 Å². The smallest absolute Gasteiger partial charge is 0.257 e. The number of rotatable bonds is 7. The molecule has 0 saturated carbocycles. The van der Waals surface area contributed by atoms with E-state index in [-0.39, 0.29) is 17.1 Å². The monoisotopic (exact) mass is 450 g/mol. The number of halogens is 1. The average Bonchev–Trinajstić information content (AvgIpc) is 2.61. The summed E-state index contributed by atoms with van der Waals surface area (Å²) in [6.45, 7) is 6.60. The summed E-state index contributed by atoms with van der Waals surface area (Å²) in [5, 5.41) is 5.88. The van der Waals surface area contributed by atoms with Gasteiger partial charge in [-0.1, -0.05) is 6.92 Å². The molecule has 7 heteroatoms. The van der Waals surface area contributed by atoms with Gasteiger partial charge in [-0.3, -0.25) is 10.1 Å². The third kappa shape index (κ3) is 6.84. The van der Waals surface area contributed by atoms with Crippen molar-refractivity contribution in [1.29, 1.82) is 0 Å². The van der Waals surface area contributed by atoms with Gasteiger partial charge in [0.2, 0.25) is 0 Å². The van der Waals surface area contributed by atoms with Crippen LogP contribution >= 0.6 is 28.1 Å². The SMILES string of the molecule is CCCOc1ccc(C(=O)NC(=S)Nc2ccc(OC(C)C)cc2)cc1Br. The zero-order chi connectivity index (χ0) is 19.8. The predicted molar refractivity (Wildman–Crippen MR) is 116 cm³/mol. The summed E-state index contributed by atoms with van der Waals surface area (Å²) in [6, 6.07) is 12.5. The zero-order valence-electron chi connectivity index (χ0n) is 15.5. The Morgan fingerprint density at radius 3 is 2.48 bits per heavy atom. The molecule has 1 amide bonds. The molecule has 0 aliphatic carbocycles. The molecule has 0 radical (unpaired) electrons. The van der Waals surface area contributed by atoms with Crippen molar-refractivity contribution in [3.05, 3.63) is 52.5 Å². The Balaban J connectivity index is 1.93. The maximum Gasteiger partial charge on any atom is 0.257 e. The van der Waals surface area contributed by atoms with Crippen LogP contribution in [0.2, 0.25) is 0 Å². The summed E-state index contributed by atoms with van der Waals surface area (Å²) in [4.78, 5) is 12.4. The number of nitrogens with one attached hydrogen (secondary N) is 2. The zero-order valence-corrected chi connectivity index (χ0v) is 17.9. The fraction of sp³-hybridized carbons (Fsp3) is 0.300. The Morgan fingerprint density at radius 2 is 1.89 bits per heavy atom. The maximum atomic E-state index is 12.4. The highest BCUT2D eigenvalue weighted by Gasteiger charge is 2.11. The lowest BCUT2D eigenvalue weighted by molar-refractivity contribution is 0.0977. The van der Waals surface area contributed by atoms with Gasteiger partial charge in [-0.25, -0.2) is 0 Å². The molecule has 2 aromatic rings. The fourth-order valence-corrected chi connectivity index (χ4v) is 2.90. The number of benzene rings is 2. The van der Waals surface area contributed by atoms with Crippen LogP contribution in [0.25, 0.3) is 0 Å². The Morgan fingerprint density at radius 1 is 1.19 bits per heavy atom. The van der Waals surface area contributed by atoms with Crippen LogP contribution in [0, 0.1) is 0 Å². The number of carbonyl (C=O) groups excluding carboxylic acids is 1. The predicted octanol–water partition coefficient (Wildman–Crippen LogP) is 5.15. The van der Waals surface area contributed by atoms with Crippen LogP contribution in [-0.2, 0) is 0 Å². The molecule has 2 N–H and O–H groups in total. The number of anilines is 1. The van der Waals surface area contributed by atoms with E-state index < -0.39 is 0 Å². The minimum Gasteiger partial charge on any atom is -0.492 e. The lowest BCUT2D eigenvalue weighted by atomic mass is 10.2. The van der Waals surface area contributed by atoms with Crippen LogP contribution in [0.5, 0.6) is 11.5 Å². The van der Waals surface area contributed by atoms with Gasteiger partial charge in [0.1, 0.15) is 11.5 Å². The van der Waals surface area contributed by atoms with E-state index in [1.54, 1.807) is 18.2 Å².